The molecular weight excluding hydrogens is 350 g/mol. The van der Waals surface area contributed by atoms with Gasteiger partial charge in [0.1, 0.15) is 11.5 Å². The van der Waals surface area contributed by atoms with E-state index in [4.69, 9.17) is 0 Å². The molecule has 4 rings (SSSR count). The van der Waals surface area contributed by atoms with E-state index in [1.807, 2.05) is 4.90 Å². The highest BCUT2D eigenvalue weighted by molar-refractivity contribution is 5.92. The molecule has 0 aliphatic carbocycles. The zero-order valence-electron chi connectivity index (χ0n) is 16.8. The normalized spacial score (nSPS) is 18.4. The largest absolute Gasteiger partial charge is 0.368 e. The molecule has 0 N–H and O–H groups in total. The average Bonchev–Trinajstić information content (AvgIpc) is 2.74. The Morgan fingerprint density at radius 3 is 2.32 bits per heavy atom. The zero-order valence-corrected chi connectivity index (χ0v) is 16.8. The maximum atomic E-state index is 12.6. The Morgan fingerprint density at radius 2 is 1.68 bits per heavy atom. The van der Waals surface area contributed by atoms with E-state index >= 15 is 0 Å². The van der Waals surface area contributed by atoms with Crippen molar-refractivity contribution < 1.29 is 4.79 Å². The first-order chi connectivity index (χ1) is 13.6. The van der Waals surface area contributed by atoms with Crippen molar-refractivity contribution in [2.75, 3.05) is 49.1 Å². The monoisotopic (exact) mass is 379 g/mol. The maximum absolute atomic E-state index is 12.6. The molecule has 6 nitrogen and oxygen atoms in total. The van der Waals surface area contributed by atoms with Crippen molar-refractivity contribution in [3.8, 4) is 0 Å². The minimum absolute atomic E-state index is 0.00946. The fourth-order valence-corrected chi connectivity index (χ4v) is 3.99. The second-order valence-corrected chi connectivity index (χ2v) is 8.05. The van der Waals surface area contributed by atoms with E-state index in [1.54, 1.807) is 12.4 Å². The van der Waals surface area contributed by atoms with Crippen molar-refractivity contribution in [1.29, 1.82) is 0 Å². The van der Waals surface area contributed by atoms with Crippen LogP contribution < -0.4 is 9.80 Å². The van der Waals surface area contributed by atoms with Crippen molar-refractivity contribution in [3.63, 3.8) is 0 Å². The molecule has 0 unspecified atom stereocenters. The molecular formula is C22H29N5O. The van der Waals surface area contributed by atoms with Gasteiger partial charge in [-0.3, -0.25) is 4.79 Å². The number of piperazine rings is 1. The van der Waals surface area contributed by atoms with Gasteiger partial charge < -0.3 is 14.7 Å². The SMILES string of the molecule is Cc1cccc(N2CCN(c3cnc(C(=O)N4CCC(C)CC4)cn3)CC2)c1. The number of anilines is 2. The number of carbonyl (C=O) groups is 1. The summed E-state index contributed by atoms with van der Waals surface area (Å²) in [6, 6.07) is 8.64. The molecule has 2 fully saturated rings. The van der Waals surface area contributed by atoms with Gasteiger partial charge in [-0.15, -0.1) is 0 Å². The number of amides is 1. The summed E-state index contributed by atoms with van der Waals surface area (Å²) in [5.41, 5.74) is 3.02. The molecule has 148 valence electrons. The number of rotatable bonds is 3. The number of nitrogens with zero attached hydrogens (tertiary/aromatic N) is 5. The molecule has 2 aliphatic rings. The zero-order chi connectivity index (χ0) is 19.5. The maximum Gasteiger partial charge on any atom is 0.274 e. The van der Waals surface area contributed by atoms with E-state index in [1.165, 1.54) is 11.3 Å². The summed E-state index contributed by atoms with van der Waals surface area (Å²) in [6.07, 6.45) is 5.54. The van der Waals surface area contributed by atoms with Gasteiger partial charge in [0.05, 0.1) is 12.4 Å². The Bertz CT molecular complexity index is 806. The quantitative estimate of drug-likeness (QED) is 0.821. The second kappa shape index (κ2) is 8.17. The smallest absolute Gasteiger partial charge is 0.274 e. The van der Waals surface area contributed by atoms with E-state index in [0.29, 0.717) is 11.6 Å². The first-order valence-corrected chi connectivity index (χ1v) is 10.3. The highest BCUT2D eigenvalue weighted by Crippen LogP contribution is 2.21. The topological polar surface area (TPSA) is 52.6 Å². The van der Waals surface area contributed by atoms with Crippen LogP contribution in [-0.4, -0.2) is 60.0 Å². The summed E-state index contributed by atoms with van der Waals surface area (Å²) in [7, 11) is 0. The summed E-state index contributed by atoms with van der Waals surface area (Å²) in [6.45, 7) is 9.74. The summed E-state index contributed by atoms with van der Waals surface area (Å²) in [4.78, 5) is 28.2. The third-order valence-corrected chi connectivity index (χ3v) is 5.90. The Balaban J connectivity index is 1.35. The van der Waals surface area contributed by atoms with E-state index in [-0.39, 0.29) is 5.91 Å². The predicted molar refractivity (Wildman–Crippen MR) is 112 cm³/mol. The number of aryl methyl sites for hydroxylation is 1. The molecule has 0 atom stereocenters. The van der Waals surface area contributed by atoms with Crippen molar-refractivity contribution in [1.82, 2.24) is 14.9 Å². The number of likely N-dealkylation sites (tertiary alicyclic amines) is 1. The first-order valence-electron chi connectivity index (χ1n) is 10.3. The molecule has 2 aromatic rings. The molecule has 1 amide bonds. The summed E-state index contributed by atoms with van der Waals surface area (Å²) in [5.74, 6) is 1.57. The minimum Gasteiger partial charge on any atom is -0.368 e. The molecule has 2 aliphatic heterocycles. The van der Waals surface area contributed by atoms with Crippen LogP contribution in [0.4, 0.5) is 11.5 Å². The number of carbonyl (C=O) groups excluding carboxylic acids is 1. The number of hydrogen-bond acceptors (Lipinski definition) is 5. The molecule has 0 spiro atoms. The number of hydrogen-bond donors (Lipinski definition) is 0. The molecule has 0 saturated carbocycles. The van der Waals surface area contributed by atoms with Crippen LogP contribution in [0.3, 0.4) is 0 Å². The first kappa shape index (κ1) is 18.7. The molecule has 0 radical (unpaired) electrons. The number of aromatic nitrogens is 2. The van der Waals surface area contributed by atoms with Gasteiger partial charge in [-0.2, -0.15) is 0 Å². The van der Waals surface area contributed by atoms with Gasteiger partial charge in [0, 0.05) is 45.0 Å². The van der Waals surface area contributed by atoms with Gasteiger partial charge in [-0.25, -0.2) is 9.97 Å². The Morgan fingerprint density at radius 1 is 0.964 bits per heavy atom. The van der Waals surface area contributed by atoms with Crippen LogP contribution in [0.15, 0.2) is 36.7 Å². The molecule has 1 aromatic heterocycles. The lowest BCUT2D eigenvalue weighted by molar-refractivity contribution is 0.0691. The average molecular weight is 380 g/mol. The minimum atomic E-state index is 0.00946. The Hall–Kier alpha value is -2.63. The van der Waals surface area contributed by atoms with Crippen molar-refractivity contribution in [2.24, 2.45) is 5.92 Å². The van der Waals surface area contributed by atoms with Crippen LogP contribution in [0, 0.1) is 12.8 Å². The Labute approximate surface area is 167 Å². The fourth-order valence-electron chi connectivity index (χ4n) is 3.99. The number of piperidine rings is 1. The van der Waals surface area contributed by atoms with Gasteiger partial charge in [0.25, 0.3) is 5.91 Å². The molecule has 1 aromatic carbocycles. The van der Waals surface area contributed by atoms with E-state index < -0.39 is 0 Å². The highest BCUT2D eigenvalue weighted by Gasteiger charge is 2.23. The molecule has 2 saturated heterocycles. The predicted octanol–water partition coefficient (Wildman–Crippen LogP) is 2.98. The van der Waals surface area contributed by atoms with Crippen LogP contribution >= 0.6 is 0 Å². The molecule has 28 heavy (non-hydrogen) atoms. The highest BCUT2D eigenvalue weighted by atomic mass is 16.2. The molecule has 0 bridgehead atoms. The van der Waals surface area contributed by atoms with Gasteiger partial charge in [0.15, 0.2) is 0 Å². The van der Waals surface area contributed by atoms with Crippen LogP contribution in [0.2, 0.25) is 0 Å². The van der Waals surface area contributed by atoms with E-state index in [0.717, 1.165) is 57.9 Å². The fraction of sp³-hybridized carbons (Fsp3) is 0.500. The van der Waals surface area contributed by atoms with Gasteiger partial charge in [-0.05, 0) is 43.4 Å². The van der Waals surface area contributed by atoms with Gasteiger partial charge in [0.2, 0.25) is 0 Å². The summed E-state index contributed by atoms with van der Waals surface area (Å²) >= 11 is 0. The summed E-state index contributed by atoms with van der Waals surface area (Å²) < 4.78 is 0. The standard InChI is InChI=1S/C22H29N5O/c1-17-6-8-27(9-7-17)22(28)20-15-24-21(16-23-20)26-12-10-25(11-13-26)19-5-3-4-18(2)14-19/h3-5,14-17H,6-13H2,1-2H3. The van der Waals surface area contributed by atoms with Crippen LogP contribution in [0.1, 0.15) is 35.8 Å². The molecule has 6 heteroatoms. The Kier molecular flexibility index (Phi) is 5.46. The van der Waals surface area contributed by atoms with Gasteiger partial charge in [-0.1, -0.05) is 19.1 Å². The van der Waals surface area contributed by atoms with Crippen LogP contribution in [-0.2, 0) is 0 Å². The lowest BCUT2D eigenvalue weighted by Crippen LogP contribution is -2.47. The van der Waals surface area contributed by atoms with Gasteiger partial charge >= 0.3 is 0 Å². The second-order valence-electron chi connectivity index (χ2n) is 8.05. The lowest BCUT2D eigenvalue weighted by atomic mass is 9.99. The van der Waals surface area contributed by atoms with Crippen molar-refractivity contribution in [2.45, 2.75) is 26.7 Å². The van der Waals surface area contributed by atoms with Crippen molar-refractivity contribution >= 4 is 17.4 Å². The molecule has 3 heterocycles. The third-order valence-electron chi connectivity index (χ3n) is 5.90. The van der Waals surface area contributed by atoms with E-state index in [9.17, 15) is 4.79 Å². The van der Waals surface area contributed by atoms with Crippen molar-refractivity contribution in [3.05, 3.63) is 47.9 Å². The van der Waals surface area contributed by atoms with Crippen LogP contribution in [0.25, 0.3) is 0 Å². The number of benzene rings is 1. The van der Waals surface area contributed by atoms with E-state index in [2.05, 4.69) is 57.9 Å². The summed E-state index contributed by atoms with van der Waals surface area (Å²) in [5, 5.41) is 0. The third kappa shape index (κ3) is 4.11. The van der Waals surface area contributed by atoms with Crippen LogP contribution in [0.5, 0.6) is 0 Å². The lowest BCUT2D eigenvalue weighted by Gasteiger charge is -2.36.